The molecule has 0 bridgehead atoms. The molecule has 5 nitrogen and oxygen atoms in total. The maximum Gasteiger partial charge on any atom is 0.411 e. The molecular weight excluding hydrogens is 342 g/mol. The van der Waals surface area contributed by atoms with E-state index in [1.807, 2.05) is 49.4 Å². The fourth-order valence-corrected chi connectivity index (χ4v) is 3.03. The number of carbonyl (C=O) groups excluding carboxylic acids is 1. The summed E-state index contributed by atoms with van der Waals surface area (Å²) in [5.74, 6) is 0. The van der Waals surface area contributed by atoms with E-state index in [1.165, 1.54) is 6.07 Å². The van der Waals surface area contributed by atoms with Crippen LogP contribution in [0.25, 0.3) is 21.7 Å². The fourth-order valence-electron chi connectivity index (χ4n) is 3.03. The Balaban J connectivity index is 1.45. The number of fused-ring (bicyclic) bond motifs is 2. The van der Waals surface area contributed by atoms with Gasteiger partial charge in [-0.15, -0.1) is 0 Å². The van der Waals surface area contributed by atoms with Crippen molar-refractivity contribution in [2.75, 3.05) is 5.32 Å². The zero-order chi connectivity index (χ0) is 18.8. The number of nitrogens with one attached hydrogen (secondary N) is 1. The molecule has 27 heavy (non-hydrogen) atoms. The van der Waals surface area contributed by atoms with Gasteiger partial charge in [0, 0.05) is 23.2 Å². The zero-order valence-electron chi connectivity index (χ0n) is 14.7. The van der Waals surface area contributed by atoms with Crippen LogP contribution in [0.3, 0.4) is 0 Å². The normalized spacial score (nSPS) is 10.9. The highest BCUT2D eigenvalue weighted by Crippen LogP contribution is 2.21. The number of hydrogen-bond acceptors (Lipinski definition) is 4. The second kappa shape index (κ2) is 6.96. The van der Waals surface area contributed by atoms with Crippen molar-refractivity contribution >= 4 is 33.5 Å². The number of hydrogen-bond donors (Lipinski definition) is 1. The first kappa shape index (κ1) is 16.8. The molecule has 1 N–H and O–H groups in total. The number of benzene rings is 3. The summed E-state index contributed by atoms with van der Waals surface area (Å²) in [6, 6.07) is 20.5. The van der Waals surface area contributed by atoms with Gasteiger partial charge < -0.3 is 9.15 Å². The van der Waals surface area contributed by atoms with Crippen LogP contribution in [0.5, 0.6) is 0 Å². The van der Waals surface area contributed by atoms with E-state index in [0.29, 0.717) is 11.3 Å². The lowest BCUT2D eigenvalue weighted by Crippen LogP contribution is -2.13. The van der Waals surface area contributed by atoms with Gasteiger partial charge in [0.1, 0.15) is 12.2 Å². The van der Waals surface area contributed by atoms with Gasteiger partial charge in [0.05, 0.1) is 0 Å². The Morgan fingerprint density at radius 1 is 1.00 bits per heavy atom. The van der Waals surface area contributed by atoms with Crippen LogP contribution in [0.2, 0.25) is 0 Å². The average Bonchev–Trinajstić information content (AvgIpc) is 2.66. The van der Waals surface area contributed by atoms with E-state index < -0.39 is 11.7 Å². The van der Waals surface area contributed by atoms with E-state index >= 15 is 0 Å². The van der Waals surface area contributed by atoms with Crippen LogP contribution < -0.4 is 10.9 Å². The minimum atomic E-state index is -0.572. The van der Waals surface area contributed by atoms with Crippen molar-refractivity contribution in [1.82, 2.24) is 0 Å². The second-order valence-electron chi connectivity index (χ2n) is 6.34. The minimum Gasteiger partial charge on any atom is -0.444 e. The Morgan fingerprint density at radius 2 is 1.81 bits per heavy atom. The molecule has 4 aromatic rings. The molecule has 1 aromatic heterocycles. The molecule has 0 aliphatic heterocycles. The predicted octanol–water partition coefficient (Wildman–Crippen LogP) is 5.00. The maximum absolute atomic E-state index is 12.1. The highest BCUT2D eigenvalue weighted by Gasteiger charge is 2.08. The van der Waals surface area contributed by atoms with Gasteiger partial charge in [-0.1, -0.05) is 36.4 Å². The van der Waals surface area contributed by atoms with Gasteiger partial charge >= 0.3 is 11.7 Å². The van der Waals surface area contributed by atoms with Gasteiger partial charge in [-0.3, -0.25) is 5.32 Å². The Bertz CT molecular complexity index is 1210. The Hall–Kier alpha value is -3.60. The third-order valence-electron chi connectivity index (χ3n) is 4.38. The molecule has 4 rings (SSSR count). The summed E-state index contributed by atoms with van der Waals surface area (Å²) < 4.78 is 10.5. The Morgan fingerprint density at radius 3 is 2.67 bits per heavy atom. The lowest BCUT2D eigenvalue weighted by Gasteiger charge is -2.09. The molecule has 0 unspecified atom stereocenters. The Kier molecular flexibility index (Phi) is 4.34. The average molecular weight is 359 g/mol. The molecule has 134 valence electrons. The summed E-state index contributed by atoms with van der Waals surface area (Å²) in [5.41, 5.74) is 2.23. The van der Waals surface area contributed by atoms with Gasteiger partial charge in [-0.2, -0.15) is 0 Å². The van der Waals surface area contributed by atoms with Crippen molar-refractivity contribution in [1.29, 1.82) is 0 Å². The second-order valence-corrected chi connectivity index (χ2v) is 6.34. The molecule has 0 saturated heterocycles. The number of aryl methyl sites for hydroxylation is 1. The van der Waals surface area contributed by atoms with Crippen LogP contribution in [-0.2, 0) is 11.3 Å². The summed E-state index contributed by atoms with van der Waals surface area (Å²) in [4.78, 5) is 23.6. The largest absolute Gasteiger partial charge is 0.444 e. The van der Waals surface area contributed by atoms with Crippen LogP contribution in [0.15, 0.2) is 75.9 Å². The summed E-state index contributed by atoms with van der Waals surface area (Å²) in [6.45, 7) is 2.00. The first-order valence-corrected chi connectivity index (χ1v) is 8.54. The zero-order valence-corrected chi connectivity index (χ0v) is 14.7. The first-order valence-electron chi connectivity index (χ1n) is 8.54. The fraction of sp³-hybridized carbons (Fsp3) is 0.0909. The third-order valence-corrected chi connectivity index (χ3v) is 4.38. The van der Waals surface area contributed by atoms with Gasteiger partial charge in [0.25, 0.3) is 0 Å². The predicted molar refractivity (Wildman–Crippen MR) is 105 cm³/mol. The number of rotatable bonds is 3. The molecule has 0 radical (unpaired) electrons. The highest BCUT2D eigenvalue weighted by atomic mass is 16.5. The number of carbonyl (C=O) groups is 1. The van der Waals surface area contributed by atoms with E-state index in [0.717, 1.165) is 27.3 Å². The number of ether oxygens (including phenoxy) is 1. The van der Waals surface area contributed by atoms with E-state index in [4.69, 9.17) is 9.15 Å². The van der Waals surface area contributed by atoms with Crippen LogP contribution in [0.4, 0.5) is 10.5 Å². The summed E-state index contributed by atoms with van der Waals surface area (Å²) in [6.07, 6.45) is -0.572. The van der Waals surface area contributed by atoms with Gasteiger partial charge in [0.2, 0.25) is 0 Å². The molecule has 3 aromatic carbocycles. The molecular formula is C22H17NO4. The molecule has 5 heteroatoms. The molecule has 1 heterocycles. The minimum absolute atomic E-state index is 0.165. The monoisotopic (exact) mass is 359 g/mol. The lowest BCUT2D eigenvalue weighted by molar-refractivity contribution is 0.155. The van der Waals surface area contributed by atoms with Crippen LogP contribution >= 0.6 is 0 Å². The SMILES string of the molecule is Cc1cc(=O)oc2cc(NC(=O)OCc3ccc4ccccc4c3)ccc12. The topological polar surface area (TPSA) is 68.5 Å². The van der Waals surface area contributed by atoms with Crippen molar-refractivity contribution in [3.8, 4) is 0 Å². The van der Waals surface area contributed by atoms with Gasteiger partial charge in [0.15, 0.2) is 0 Å². The van der Waals surface area contributed by atoms with Crippen LogP contribution in [-0.4, -0.2) is 6.09 Å². The van der Waals surface area contributed by atoms with E-state index in [-0.39, 0.29) is 6.61 Å². The van der Waals surface area contributed by atoms with Crippen molar-refractivity contribution in [2.24, 2.45) is 0 Å². The van der Waals surface area contributed by atoms with Gasteiger partial charge in [-0.25, -0.2) is 9.59 Å². The van der Waals surface area contributed by atoms with E-state index in [1.54, 1.807) is 18.2 Å². The van der Waals surface area contributed by atoms with Crippen LogP contribution in [0, 0.1) is 6.92 Å². The number of anilines is 1. The smallest absolute Gasteiger partial charge is 0.411 e. The number of amides is 1. The molecule has 0 saturated carbocycles. The summed E-state index contributed by atoms with van der Waals surface area (Å²) in [5, 5.41) is 5.71. The highest BCUT2D eigenvalue weighted by molar-refractivity contribution is 5.90. The molecule has 0 spiro atoms. The Labute approximate surface area is 155 Å². The van der Waals surface area contributed by atoms with Crippen molar-refractivity contribution in [3.05, 3.63) is 88.3 Å². The van der Waals surface area contributed by atoms with E-state index in [2.05, 4.69) is 5.32 Å². The quantitative estimate of drug-likeness (QED) is 0.523. The molecule has 0 fully saturated rings. The van der Waals surface area contributed by atoms with Crippen molar-refractivity contribution in [2.45, 2.75) is 13.5 Å². The van der Waals surface area contributed by atoms with Crippen molar-refractivity contribution < 1.29 is 13.9 Å². The van der Waals surface area contributed by atoms with Crippen LogP contribution in [0.1, 0.15) is 11.1 Å². The van der Waals surface area contributed by atoms with Gasteiger partial charge in [-0.05, 0) is 47.0 Å². The summed E-state index contributed by atoms with van der Waals surface area (Å²) in [7, 11) is 0. The molecule has 1 amide bonds. The van der Waals surface area contributed by atoms with Crippen molar-refractivity contribution in [3.63, 3.8) is 0 Å². The molecule has 0 aliphatic carbocycles. The standard InChI is InChI=1S/C22H17NO4/c1-14-10-21(24)27-20-12-18(8-9-19(14)20)23-22(25)26-13-15-6-7-16-4-2-3-5-17(16)11-15/h2-12H,13H2,1H3,(H,23,25). The molecule has 0 aliphatic rings. The van der Waals surface area contributed by atoms with E-state index in [9.17, 15) is 9.59 Å². The lowest BCUT2D eigenvalue weighted by atomic mass is 10.1. The molecule has 0 atom stereocenters. The first-order chi connectivity index (χ1) is 13.1. The maximum atomic E-state index is 12.1. The summed E-state index contributed by atoms with van der Waals surface area (Å²) >= 11 is 0. The third kappa shape index (κ3) is 3.67.